The Kier molecular flexibility index (Phi) is 8.45. The second kappa shape index (κ2) is 11.4. The van der Waals surface area contributed by atoms with E-state index in [9.17, 15) is 9.59 Å². The maximum Gasteiger partial charge on any atom is 0.414 e. The number of hydrogen-bond acceptors (Lipinski definition) is 8. The highest BCUT2D eigenvalue weighted by atomic mass is 16.6. The Morgan fingerprint density at radius 3 is 1.58 bits per heavy atom. The van der Waals surface area contributed by atoms with Gasteiger partial charge < -0.3 is 28.9 Å². The second-order valence-electron chi connectivity index (χ2n) is 4.62. The van der Waals surface area contributed by atoms with Crippen molar-refractivity contribution in [2.45, 2.75) is 0 Å². The largest absolute Gasteiger partial charge is 0.447 e. The monoisotopic (exact) mass is 368 g/mol. The number of aromatic amines is 2. The molecule has 0 saturated heterocycles. The zero-order chi connectivity index (χ0) is 18.5. The van der Waals surface area contributed by atoms with Gasteiger partial charge in [-0.15, -0.1) is 0 Å². The van der Waals surface area contributed by atoms with Crippen LogP contribution in [0.15, 0.2) is 24.8 Å². The highest BCUT2D eigenvalue weighted by molar-refractivity contribution is 5.82. The molecule has 0 aliphatic carbocycles. The van der Waals surface area contributed by atoms with E-state index in [0.717, 1.165) is 0 Å². The van der Waals surface area contributed by atoms with Crippen LogP contribution in [0.4, 0.5) is 21.5 Å². The summed E-state index contributed by atoms with van der Waals surface area (Å²) >= 11 is 0. The molecule has 0 aliphatic heterocycles. The van der Waals surface area contributed by atoms with E-state index in [0.29, 0.717) is 25.1 Å². The molecular formula is C14H20N6O6. The summed E-state index contributed by atoms with van der Waals surface area (Å²) in [5.41, 5.74) is 0. The number of rotatable bonds is 11. The molecule has 2 aromatic rings. The van der Waals surface area contributed by atoms with Gasteiger partial charge in [-0.2, -0.15) is 0 Å². The van der Waals surface area contributed by atoms with Gasteiger partial charge in [0.05, 0.1) is 26.4 Å². The first kappa shape index (κ1) is 19.2. The lowest BCUT2D eigenvalue weighted by molar-refractivity contribution is 0.0178. The molecular weight excluding hydrogens is 348 g/mol. The number of nitrogens with one attached hydrogen (secondary N) is 4. The highest BCUT2D eigenvalue weighted by Gasteiger charge is 2.05. The van der Waals surface area contributed by atoms with Crippen molar-refractivity contribution < 1.29 is 28.5 Å². The molecule has 0 spiro atoms. The van der Waals surface area contributed by atoms with Gasteiger partial charge in [-0.1, -0.05) is 0 Å². The van der Waals surface area contributed by atoms with Crippen molar-refractivity contribution in [2.24, 2.45) is 0 Å². The molecule has 142 valence electrons. The first-order valence-electron chi connectivity index (χ1n) is 7.76. The topological polar surface area (TPSA) is 152 Å². The predicted octanol–water partition coefficient (Wildman–Crippen LogP) is 0.963. The third kappa shape index (κ3) is 8.12. The van der Waals surface area contributed by atoms with Gasteiger partial charge in [-0.05, 0) is 0 Å². The van der Waals surface area contributed by atoms with E-state index >= 15 is 0 Å². The first-order chi connectivity index (χ1) is 12.7. The zero-order valence-electron chi connectivity index (χ0n) is 13.9. The van der Waals surface area contributed by atoms with Crippen molar-refractivity contribution in [2.75, 3.05) is 50.3 Å². The van der Waals surface area contributed by atoms with E-state index in [-0.39, 0.29) is 26.4 Å². The van der Waals surface area contributed by atoms with Gasteiger partial charge in [0.2, 0.25) is 11.9 Å². The molecule has 12 nitrogen and oxygen atoms in total. The van der Waals surface area contributed by atoms with Crippen LogP contribution in [0.25, 0.3) is 0 Å². The van der Waals surface area contributed by atoms with Gasteiger partial charge in [0, 0.05) is 24.8 Å². The highest BCUT2D eigenvalue weighted by Crippen LogP contribution is 1.96. The maximum absolute atomic E-state index is 11.3. The summed E-state index contributed by atoms with van der Waals surface area (Å²) in [6, 6.07) is 0. The van der Waals surface area contributed by atoms with Crippen LogP contribution in [0, 0.1) is 0 Å². The van der Waals surface area contributed by atoms with Crippen LogP contribution in [0.5, 0.6) is 0 Å². The van der Waals surface area contributed by atoms with Gasteiger partial charge >= 0.3 is 12.2 Å². The first-order valence-corrected chi connectivity index (χ1v) is 7.76. The molecule has 0 saturated carbocycles. The molecule has 0 unspecified atom stereocenters. The molecule has 2 rings (SSSR count). The molecule has 2 aromatic heterocycles. The summed E-state index contributed by atoms with van der Waals surface area (Å²) in [7, 11) is 0. The van der Waals surface area contributed by atoms with Crippen LogP contribution in [0.3, 0.4) is 0 Å². The summed E-state index contributed by atoms with van der Waals surface area (Å²) in [4.78, 5) is 35.8. The molecule has 2 amide bonds. The van der Waals surface area contributed by atoms with Crippen LogP contribution >= 0.6 is 0 Å². The molecule has 12 heteroatoms. The van der Waals surface area contributed by atoms with Gasteiger partial charge in [-0.25, -0.2) is 19.6 Å². The van der Waals surface area contributed by atoms with Gasteiger partial charge in [0.15, 0.2) is 0 Å². The Labute approximate surface area is 148 Å². The lowest BCUT2D eigenvalue weighted by Gasteiger charge is -2.08. The van der Waals surface area contributed by atoms with Gasteiger partial charge in [0.1, 0.15) is 13.2 Å². The van der Waals surface area contributed by atoms with Crippen LogP contribution in [0.2, 0.25) is 0 Å². The minimum Gasteiger partial charge on any atom is -0.447 e. The van der Waals surface area contributed by atoms with Crippen molar-refractivity contribution in [3.63, 3.8) is 0 Å². The Bertz CT molecular complexity index is 576. The van der Waals surface area contributed by atoms with E-state index in [2.05, 4.69) is 30.6 Å². The summed E-state index contributed by atoms with van der Waals surface area (Å²) in [6.07, 6.45) is 4.93. The number of nitrogens with zero attached hydrogens (tertiary/aromatic N) is 2. The van der Waals surface area contributed by atoms with Crippen LogP contribution in [0.1, 0.15) is 0 Å². The number of amides is 2. The summed E-state index contributed by atoms with van der Waals surface area (Å²) in [5.74, 6) is 0.619. The van der Waals surface area contributed by atoms with E-state index in [1.54, 1.807) is 12.4 Å². The quantitative estimate of drug-likeness (QED) is 0.428. The van der Waals surface area contributed by atoms with Crippen molar-refractivity contribution in [1.82, 2.24) is 19.9 Å². The van der Waals surface area contributed by atoms with Crippen LogP contribution in [-0.2, 0) is 18.9 Å². The number of imidazole rings is 2. The molecule has 0 aromatic carbocycles. The van der Waals surface area contributed by atoms with Crippen molar-refractivity contribution in [3.8, 4) is 0 Å². The van der Waals surface area contributed by atoms with Crippen molar-refractivity contribution in [1.29, 1.82) is 0 Å². The lowest BCUT2D eigenvalue weighted by atomic mass is 10.7. The molecule has 0 aliphatic rings. The number of aromatic nitrogens is 4. The number of H-pyrrole nitrogens is 2. The van der Waals surface area contributed by atoms with Crippen LogP contribution < -0.4 is 10.6 Å². The number of anilines is 2. The molecule has 0 fully saturated rings. The van der Waals surface area contributed by atoms with Gasteiger partial charge in [-0.3, -0.25) is 10.6 Å². The number of carbonyl (C=O) groups is 2. The predicted molar refractivity (Wildman–Crippen MR) is 88.8 cm³/mol. The Morgan fingerprint density at radius 1 is 0.769 bits per heavy atom. The lowest BCUT2D eigenvalue weighted by Crippen LogP contribution is -2.19. The number of ether oxygens (including phenoxy) is 4. The standard InChI is InChI=1S/C14H20N6O6/c21-13(19-11-15-1-2-16-11)25-9-7-23-5-6-24-8-10-26-14(22)20-12-17-3-4-18-12/h1-4H,5-10H2,(H2,15,16,19,21)(H2,17,18,20,22). The van der Waals surface area contributed by atoms with Crippen molar-refractivity contribution >= 4 is 24.1 Å². The van der Waals surface area contributed by atoms with E-state index in [1.165, 1.54) is 12.4 Å². The fraction of sp³-hybridized carbons (Fsp3) is 0.429. The Morgan fingerprint density at radius 2 is 1.19 bits per heavy atom. The van der Waals surface area contributed by atoms with E-state index < -0.39 is 12.2 Å². The summed E-state index contributed by atoms with van der Waals surface area (Å²) in [6.45, 7) is 1.31. The Hall–Kier alpha value is -3.12. The second-order valence-corrected chi connectivity index (χ2v) is 4.62. The smallest absolute Gasteiger partial charge is 0.414 e. The number of hydrogen-bond donors (Lipinski definition) is 4. The molecule has 26 heavy (non-hydrogen) atoms. The molecule has 0 atom stereocenters. The molecule has 2 heterocycles. The fourth-order valence-corrected chi connectivity index (χ4v) is 1.64. The van der Waals surface area contributed by atoms with E-state index in [4.69, 9.17) is 18.9 Å². The third-order valence-electron chi connectivity index (χ3n) is 2.73. The third-order valence-corrected chi connectivity index (χ3v) is 2.73. The SMILES string of the molecule is O=C(Nc1ncc[nH]1)OCCOCCOCCOC(=O)Nc1ncc[nH]1. The molecule has 4 N–H and O–H groups in total. The fourth-order valence-electron chi connectivity index (χ4n) is 1.64. The minimum absolute atomic E-state index is 0.0998. The number of carbonyl (C=O) groups excluding carboxylic acids is 2. The van der Waals surface area contributed by atoms with Crippen LogP contribution in [-0.4, -0.2) is 71.8 Å². The summed E-state index contributed by atoms with van der Waals surface area (Å²) in [5, 5.41) is 4.82. The molecule has 0 radical (unpaired) electrons. The average molecular weight is 368 g/mol. The normalized spacial score (nSPS) is 10.3. The van der Waals surface area contributed by atoms with E-state index in [1.807, 2.05) is 0 Å². The zero-order valence-corrected chi connectivity index (χ0v) is 13.9. The molecule has 0 bridgehead atoms. The van der Waals surface area contributed by atoms with Gasteiger partial charge in [0.25, 0.3) is 0 Å². The summed E-state index contributed by atoms with van der Waals surface area (Å²) < 4.78 is 20.2. The minimum atomic E-state index is -0.621. The Balaban J connectivity index is 1.34. The van der Waals surface area contributed by atoms with Crippen molar-refractivity contribution in [3.05, 3.63) is 24.8 Å². The maximum atomic E-state index is 11.3. The average Bonchev–Trinajstić information content (AvgIpc) is 3.30.